The number of anilines is 1. The number of likely N-dealkylation sites (N-methyl/N-ethyl adjacent to an activating group) is 1. The van der Waals surface area contributed by atoms with Crippen LogP contribution in [0.15, 0.2) is 97.1 Å². The maximum Gasteiger partial charge on any atom is 0.176 e. The molecule has 194 valence electrons. The number of aryl methyl sites for hydroxylation is 1. The number of thiocarbonyl (C=S) groups is 1. The van der Waals surface area contributed by atoms with Crippen LogP contribution in [-0.4, -0.2) is 35.3 Å². The normalized spacial score (nSPS) is 17.2. The summed E-state index contributed by atoms with van der Waals surface area (Å²) in [5, 5.41) is 11.8. The van der Waals surface area contributed by atoms with Gasteiger partial charge in [0.25, 0.3) is 0 Å². The number of ether oxygens (including phenoxy) is 1. The number of aromatic hydroxyl groups is 1. The molecule has 0 spiro atoms. The number of rotatable bonds is 8. The Labute approximate surface area is 228 Å². The van der Waals surface area contributed by atoms with Gasteiger partial charge in [-0.15, -0.1) is 0 Å². The summed E-state index contributed by atoms with van der Waals surface area (Å²) in [6, 6.07) is 30.7. The summed E-state index contributed by atoms with van der Waals surface area (Å²) in [6.45, 7) is 0. The summed E-state index contributed by atoms with van der Waals surface area (Å²) in [4.78, 5) is 4.29. The Morgan fingerprint density at radius 1 is 0.895 bits per heavy atom. The van der Waals surface area contributed by atoms with E-state index < -0.39 is 0 Å². The highest BCUT2D eigenvalue weighted by Gasteiger charge is 2.43. The highest BCUT2D eigenvalue weighted by molar-refractivity contribution is 7.80. The quantitative estimate of drug-likeness (QED) is 0.243. The Bertz CT molecular complexity index is 1390. The monoisotopic (exact) mass is 526 g/mol. The second kappa shape index (κ2) is 11.2. The molecule has 0 aliphatic carbocycles. The Balaban J connectivity index is 1.46. The zero-order chi connectivity index (χ0) is 26.6. The molecule has 0 aromatic heterocycles. The lowest BCUT2D eigenvalue weighted by atomic mass is 9.93. The standard InChI is InChI=1S/C32H31FN2O2S/c1-34-29(10-6-7-22-11-15-25(33)16-12-22)31(28-20-19-27(37-2)21-30(28)36)35(32(34)38)26-17-13-24(14-18-26)23-8-4-3-5-9-23/h3-5,8-9,11-21,29,31,36H,6-7,10H2,1-2H3/t29-,31+/m0/s1. The smallest absolute Gasteiger partial charge is 0.176 e. The van der Waals surface area contributed by atoms with E-state index in [2.05, 4.69) is 46.2 Å². The molecular weight excluding hydrogens is 495 g/mol. The van der Waals surface area contributed by atoms with E-state index >= 15 is 0 Å². The zero-order valence-corrected chi connectivity index (χ0v) is 22.4. The number of halogens is 1. The molecule has 5 rings (SSSR count). The third-order valence-electron chi connectivity index (χ3n) is 7.34. The Morgan fingerprint density at radius 3 is 2.24 bits per heavy atom. The molecule has 0 amide bonds. The minimum atomic E-state index is -0.224. The molecule has 1 N–H and O–H groups in total. The minimum absolute atomic E-state index is 0.0380. The van der Waals surface area contributed by atoms with Crippen molar-refractivity contribution < 1.29 is 14.2 Å². The van der Waals surface area contributed by atoms with E-state index in [1.54, 1.807) is 13.2 Å². The van der Waals surface area contributed by atoms with Crippen molar-refractivity contribution in [1.29, 1.82) is 0 Å². The Hall–Kier alpha value is -3.90. The molecule has 0 radical (unpaired) electrons. The van der Waals surface area contributed by atoms with E-state index in [0.717, 1.165) is 47.2 Å². The molecule has 2 atom stereocenters. The molecule has 1 saturated heterocycles. The first kappa shape index (κ1) is 25.7. The van der Waals surface area contributed by atoms with Gasteiger partial charge in [-0.1, -0.05) is 54.6 Å². The van der Waals surface area contributed by atoms with Crippen molar-refractivity contribution in [2.75, 3.05) is 19.1 Å². The van der Waals surface area contributed by atoms with Crippen LogP contribution >= 0.6 is 12.2 Å². The fourth-order valence-corrected chi connectivity index (χ4v) is 5.65. The van der Waals surface area contributed by atoms with Crippen molar-refractivity contribution in [2.24, 2.45) is 0 Å². The van der Waals surface area contributed by atoms with Crippen LogP contribution in [0.2, 0.25) is 0 Å². The predicted octanol–water partition coefficient (Wildman–Crippen LogP) is 7.38. The Morgan fingerprint density at radius 2 is 1.58 bits per heavy atom. The zero-order valence-electron chi connectivity index (χ0n) is 21.5. The number of hydrogen-bond acceptors (Lipinski definition) is 3. The summed E-state index contributed by atoms with van der Waals surface area (Å²) in [5.74, 6) is 0.562. The minimum Gasteiger partial charge on any atom is -0.507 e. The maximum atomic E-state index is 13.3. The van der Waals surface area contributed by atoms with E-state index in [1.807, 2.05) is 49.5 Å². The predicted molar refractivity (Wildman–Crippen MR) is 155 cm³/mol. The fraction of sp³-hybridized carbons (Fsp3) is 0.219. The molecule has 4 aromatic carbocycles. The van der Waals surface area contributed by atoms with E-state index in [1.165, 1.54) is 12.1 Å². The molecule has 38 heavy (non-hydrogen) atoms. The van der Waals surface area contributed by atoms with Crippen LogP contribution in [0, 0.1) is 5.82 Å². The average molecular weight is 527 g/mol. The third kappa shape index (κ3) is 5.22. The van der Waals surface area contributed by atoms with E-state index in [-0.39, 0.29) is 23.7 Å². The van der Waals surface area contributed by atoms with Crippen LogP contribution in [0.1, 0.15) is 30.0 Å². The first-order valence-electron chi connectivity index (χ1n) is 12.8. The number of phenols is 1. The first-order valence-corrected chi connectivity index (χ1v) is 13.2. The van der Waals surface area contributed by atoms with Crippen LogP contribution in [-0.2, 0) is 6.42 Å². The second-order valence-corrected chi connectivity index (χ2v) is 10.00. The van der Waals surface area contributed by atoms with Gasteiger partial charge >= 0.3 is 0 Å². The van der Waals surface area contributed by atoms with Gasteiger partial charge in [0.05, 0.1) is 19.2 Å². The van der Waals surface area contributed by atoms with Crippen LogP contribution in [0.3, 0.4) is 0 Å². The van der Waals surface area contributed by atoms with Crippen LogP contribution in [0.25, 0.3) is 11.1 Å². The number of methoxy groups -OCH3 is 1. The fourth-order valence-electron chi connectivity index (χ4n) is 5.30. The summed E-state index contributed by atoms with van der Waals surface area (Å²) in [7, 11) is 3.61. The van der Waals surface area contributed by atoms with E-state index in [0.29, 0.717) is 10.9 Å². The topological polar surface area (TPSA) is 35.9 Å². The summed E-state index contributed by atoms with van der Waals surface area (Å²) >= 11 is 5.98. The molecule has 1 fully saturated rings. The van der Waals surface area contributed by atoms with E-state index in [4.69, 9.17) is 17.0 Å². The van der Waals surface area contributed by atoms with Gasteiger partial charge in [-0.05, 0) is 84.6 Å². The molecule has 1 heterocycles. The lowest BCUT2D eigenvalue weighted by Crippen LogP contribution is -2.30. The van der Waals surface area contributed by atoms with Crippen molar-refractivity contribution in [2.45, 2.75) is 31.3 Å². The molecule has 1 aliphatic heterocycles. The van der Waals surface area contributed by atoms with Crippen molar-refractivity contribution >= 4 is 23.0 Å². The summed E-state index contributed by atoms with van der Waals surface area (Å²) in [6.07, 6.45) is 2.59. The van der Waals surface area contributed by atoms with Gasteiger partial charge in [-0.25, -0.2) is 4.39 Å². The number of nitrogens with zero attached hydrogens (tertiary/aromatic N) is 2. The van der Waals surface area contributed by atoms with Gasteiger partial charge < -0.3 is 19.6 Å². The van der Waals surface area contributed by atoms with Crippen molar-refractivity contribution in [3.8, 4) is 22.6 Å². The van der Waals surface area contributed by atoms with Gasteiger partial charge in [-0.2, -0.15) is 0 Å². The van der Waals surface area contributed by atoms with Gasteiger partial charge in [0.15, 0.2) is 5.11 Å². The molecule has 0 unspecified atom stereocenters. The molecule has 4 aromatic rings. The van der Waals surface area contributed by atoms with Crippen LogP contribution < -0.4 is 9.64 Å². The third-order valence-corrected chi connectivity index (χ3v) is 7.82. The molecular formula is C32H31FN2O2S. The van der Waals surface area contributed by atoms with Crippen LogP contribution in [0.4, 0.5) is 10.1 Å². The number of hydrogen-bond donors (Lipinski definition) is 1. The van der Waals surface area contributed by atoms with Gasteiger partial charge in [0.2, 0.25) is 0 Å². The van der Waals surface area contributed by atoms with Crippen molar-refractivity contribution in [1.82, 2.24) is 4.90 Å². The van der Waals surface area contributed by atoms with Crippen LogP contribution in [0.5, 0.6) is 11.5 Å². The highest BCUT2D eigenvalue weighted by atomic mass is 32.1. The molecule has 4 nitrogen and oxygen atoms in total. The van der Waals surface area contributed by atoms with Crippen molar-refractivity contribution in [3.63, 3.8) is 0 Å². The number of phenolic OH excluding ortho intramolecular Hbond substituents is 1. The van der Waals surface area contributed by atoms with Gasteiger partial charge in [-0.3, -0.25) is 0 Å². The SMILES string of the molecule is COc1ccc([C@@H]2[C@H](CCCc3ccc(F)cc3)N(C)C(=S)N2c2ccc(-c3ccccc3)cc2)c(O)c1. The summed E-state index contributed by atoms with van der Waals surface area (Å²) in [5.41, 5.74) is 5.17. The largest absolute Gasteiger partial charge is 0.507 e. The summed E-state index contributed by atoms with van der Waals surface area (Å²) < 4.78 is 18.7. The molecule has 1 aliphatic rings. The first-order chi connectivity index (χ1) is 18.5. The highest BCUT2D eigenvalue weighted by Crippen LogP contribution is 2.44. The van der Waals surface area contributed by atoms with Gasteiger partial charge in [0, 0.05) is 24.4 Å². The Kier molecular flexibility index (Phi) is 7.61. The number of benzene rings is 4. The molecule has 6 heteroatoms. The lowest BCUT2D eigenvalue weighted by molar-refractivity contribution is 0.333. The van der Waals surface area contributed by atoms with Crippen molar-refractivity contribution in [3.05, 3.63) is 114 Å². The average Bonchev–Trinajstić information content (AvgIpc) is 3.19. The molecule has 0 bridgehead atoms. The lowest BCUT2D eigenvalue weighted by Gasteiger charge is -2.29. The van der Waals surface area contributed by atoms with Gasteiger partial charge in [0.1, 0.15) is 17.3 Å². The van der Waals surface area contributed by atoms with E-state index in [9.17, 15) is 9.50 Å². The second-order valence-electron chi connectivity index (χ2n) is 9.63. The maximum absolute atomic E-state index is 13.3. The molecule has 0 saturated carbocycles.